The third-order valence-electron chi connectivity index (χ3n) is 6.01. The van der Waals surface area contributed by atoms with Crippen LogP contribution in [0.15, 0.2) is 42.5 Å². The van der Waals surface area contributed by atoms with Crippen molar-refractivity contribution in [3.63, 3.8) is 0 Å². The maximum absolute atomic E-state index is 6.67. The average Bonchev–Trinajstić information content (AvgIpc) is 3.14. The van der Waals surface area contributed by atoms with E-state index in [1.54, 1.807) is 5.56 Å². The highest BCUT2D eigenvalue weighted by molar-refractivity contribution is 6.32. The van der Waals surface area contributed by atoms with Crippen molar-refractivity contribution in [3.8, 4) is 11.1 Å². The van der Waals surface area contributed by atoms with Gasteiger partial charge in [-0.15, -0.1) is 0 Å². The molecule has 2 fully saturated rings. The molecule has 3 aliphatic rings. The second-order valence-electron chi connectivity index (χ2n) is 6.76. The molecule has 2 aromatic rings. The lowest BCUT2D eigenvalue weighted by molar-refractivity contribution is 0.327. The van der Waals surface area contributed by atoms with Crippen LogP contribution in [-0.4, -0.2) is 0 Å². The van der Waals surface area contributed by atoms with Gasteiger partial charge in [-0.1, -0.05) is 54.4 Å². The summed E-state index contributed by atoms with van der Waals surface area (Å²) in [5, 5.41) is 0.978. The van der Waals surface area contributed by atoms with Crippen LogP contribution in [0.2, 0.25) is 5.02 Å². The van der Waals surface area contributed by atoms with Gasteiger partial charge in [0.25, 0.3) is 0 Å². The van der Waals surface area contributed by atoms with Crippen molar-refractivity contribution in [1.82, 2.24) is 0 Å². The standard InChI is InChI=1S/C19H17Cl/c20-17-7-3-5-15-14-4-1-2-6-16(14)19(18(15)17)11-12-8-9-13(19)10-12/h1-7,12-13H,8-11H2. The molecule has 1 spiro atoms. The van der Waals surface area contributed by atoms with Crippen LogP contribution in [0.5, 0.6) is 0 Å². The van der Waals surface area contributed by atoms with Gasteiger partial charge in [-0.05, 0) is 59.4 Å². The summed E-state index contributed by atoms with van der Waals surface area (Å²) in [6.07, 6.45) is 5.52. The Morgan fingerprint density at radius 2 is 1.80 bits per heavy atom. The molecule has 3 unspecified atom stereocenters. The largest absolute Gasteiger partial charge is 0.0840 e. The third kappa shape index (κ3) is 1.16. The third-order valence-corrected chi connectivity index (χ3v) is 6.32. The summed E-state index contributed by atoms with van der Waals surface area (Å²) in [6.45, 7) is 0. The molecule has 1 heteroatoms. The van der Waals surface area contributed by atoms with Crippen LogP contribution in [0.25, 0.3) is 11.1 Å². The summed E-state index contributed by atoms with van der Waals surface area (Å²) < 4.78 is 0. The molecule has 3 atom stereocenters. The summed E-state index contributed by atoms with van der Waals surface area (Å²) in [6, 6.07) is 15.4. The first-order chi connectivity index (χ1) is 9.80. The number of rotatable bonds is 0. The van der Waals surface area contributed by atoms with E-state index in [-0.39, 0.29) is 5.41 Å². The van der Waals surface area contributed by atoms with E-state index in [0.29, 0.717) is 0 Å². The van der Waals surface area contributed by atoms with Gasteiger partial charge in [-0.3, -0.25) is 0 Å². The number of hydrogen-bond donors (Lipinski definition) is 0. The molecular formula is C19H17Cl. The highest BCUT2D eigenvalue weighted by Gasteiger charge is 2.57. The Bertz CT molecular complexity index is 717. The lowest BCUT2D eigenvalue weighted by Gasteiger charge is -2.36. The predicted molar refractivity (Wildman–Crippen MR) is 83.1 cm³/mol. The molecule has 3 aliphatic carbocycles. The van der Waals surface area contributed by atoms with E-state index in [1.165, 1.54) is 42.4 Å². The van der Waals surface area contributed by atoms with Crippen molar-refractivity contribution >= 4 is 11.6 Å². The van der Waals surface area contributed by atoms with Gasteiger partial charge < -0.3 is 0 Å². The molecule has 20 heavy (non-hydrogen) atoms. The number of halogens is 1. The minimum absolute atomic E-state index is 0.229. The lowest BCUT2D eigenvalue weighted by atomic mass is 9.67. The zero-order valence-electron chi connectivity index (χ0n) is 11.4. The van der Waals surface area contributed by atoms with Gasteiger partial charge in [0.1, 0.15) is 0 Å². The first-order valence-electron chi connectivity index (χ1n) is 7.69. The van der Waals surface area contributed by atoms with E-state index in [2.05, 4.69) is 42.5 Å². The first kappa shape index (κ1) is 11.4. The Hall–Kier alpha value is -1.27. The average molecular weight is 281 g/mol. The fourth-order valence-corrected chi connectivity index (χ4v) is 5.75. The van der Waals surface area contributed by atoms with Gasteiger partial charge in [-0.2, -0.15) is 0 Å². The quantitative estimate of drug-likeness (QED) is 0.604. The second kappa shape index (κ2) is 3.68. The normalized spacial score (nSPS) is 32.6. The van der Waals surface area contributed by atoms with Crippen molar-refractivity contribution in [2.75, 3.05) is 0 Å². The molecule has 2 saturated carbocycles. The van der Waals surface area contributed by atoms with Crippen molar-refractivity contribution in [1.29, 1.82) is 0 Å². The number of benzene rings is 2. The van der Waals surface area contributed by atoms with Gasteiger partial charge in [0.15, 0.2) is 0 Å². The molecule has 5 rings (SSSR count). The second-order valence-corrected chi connectivity index (χ2v) is 7.17. The predicted octanol–water partition coefficient (Wildman–Crippen LogP) is 5.43. The van der Waals surface area contributed by atoms with E-state index < -0.39 is 0 Å². The molecule has 0 aliphatic heterocycles. The topological polar surface area (TPSA) is 0 Å². The van der Waals surface area contributed by atoms with Crippen molar-refractivity contribution in [2.45, 2.75) is 31.1 Å². The Kier molecular flexibility index (Phi) is 2.10. The van der Waals surface area contributed by atoms with Crippen LogP contribution >= 0.6 is 11.6 Å². The molecule has 0 amide bonds. The monoisotopic (exact) mass is 280 g/mol. The zero-order chi connectivity index (χ0) is 13.3. The van der Waals surface area contributed by atoms with E-state index in [4.69, 9.17) is 11.6 Å². The smallest absolute Gasteiger partial charge is 0.0453 e. The molecule has 0 nitrogen and oxygen atoms in total. The van der Waals surface area contributed by atoms with E-state index >= 15 is 0 Å². The highest BCUT2D eigenvalue weighted by atomic mass is 35.5. The van der Waals surface area contributed by atoms with Gasteiger partial charge in [0, 0.05) is 10.4 Å². The van der Waals surface area contributed by atoms with Crippen molar-refractivity contribution < 1.29 is 0 Å². The Morgan fingerprint density at radius 1 is 0.950 bits per heavy atom. The first-order valence-corrected chi connectivity index (χ1v) is 8.07. The van der Waals surface area contributed by atoms with Crippen LogP contribution in [0, 0.1) is 11.8 Å². The fourth-order valence-electron chi connectivity index (χ4n) is 5.41. The lowest BCUT2D eigenvalue weighted by Crippen LogP contribution is -2.32. The Labute approximate surface area is 124 Å². The summed E-state index contributed by atoms with van der Waals surface area (Å²) in [7, 11) is 0. The summed E-state index contributed by atoms with van der Waals surface area (Å²) >= 11 is 6.67. The van der Waals surface area contributed by atoms with E-state index in [9.17, 15) is 0 Å². The summed E-state index contributed by atoms with van der Waals surface area (Å²) in [5.74, 6) is 1.71. The maximum atomic E-state index is 6.67. The molecule has 0 N–H and O–H groups in total. The molecular weight excluding hydrogens is 264 g/mol. The fraction of sp³-hybridized carbons (Fsp3) is 0.368. The maximum Gasteiger partial charge on any atom is 0.0453 e. The molecule has 100 valence electrons. The van der Waals surface area contributed by atoms with Crippen LogP contribution in [0.4, 0.5) is 0 Å². The van der Waals surface area contributed by atoms with E-state index in [0.717, 1.165) is 16.9 Å². The molecule has 0 saturated heterocycles. The highest BCUT2D eigenvalue weighted by Crippen LogP contribution is 2.66. The Morgan fingerprint density at radius 3 is 2.60 bits per heavy atom. The van der Waals surface area contributed by atoms with Crippen LogP contribution in [-0.2, 0) is 5.41 Å². The molecule has 2 bridgehead atoms. The molecule has 2 aromatic carbocycles. The van der Waals surface area contributed by atoms with Crippen molar-refractivity contribution in [3.05, 3.63) is 58.6 Å². The number of hydrogen-bond acceptors (Lipinski definition) is 0. The molecule has 0 heterocycles. The molecule has 0 aromatic heterocycles. The van der Waals surface area contributed by atoms with Crippen LogP contribution in [0.3, 0.4) is 0 Å². The van der Waals surface area contributed by atoms with Gasteiger partial charge in [0.05, 0.1) is 0 Å². The Balaban J connectivity index is 1.89. The number of fused-ring (bicyclic) bond motifs is 8. The summed E-state index contributed by atoms with van der Waals surface area (Å²) in [4.78, 5) is 0. The van der Waals surface area contributed by atoms with Gasteiger partial charge in [-0.25, -0.2) is 0 Å². The van der Waals surface area contributed by atoms with Crippen LogP contribution in [0.1, 0.15) is 36.8 Å². The summed E-state index contributed by atoms with van der Waals surface area (Å²) in [5.41, 5.74) is 6.04. The van der Waals surface area contributed by atoms with Crippen molar-refractivity contribution in [2.24, 2.45) is 11.8 Å². The minimum atomic E-state index is 0.229. The SMILES string of the molecule is Clc1cccc2c1C1(CC3CCC1C3)c1ccccc1-2. The van der Waals surface area contributed by atoms with Crippen LogP contribution < -0.4 is 0 Å². The van der Waals surface area contributed by atoms with E-state index in [1.807, 2.05) is 0 Å². The minimum Gasteiger partial charge on any atom is -0.0840 e. The van der Waals surface area contributed by atoms with Gasteiger partial charge >= 0.3 is 0 Å². The van der Waals surface area contributed by atoms with Gasteiger partial charge in [0.2, 0.25) is 0 Å². The molecule has 0 radical (unpaired) electrons. The zero-order valence-corrected chi connectivity index (χ0v) is 12.2.